The van der Waals surface area contributed by atoms with Crippen molar-refractivity contribution in [1.82, 2.24) is 19.5 Å². The van der Waals surface area contributed by atoms with E-state index in [0.29, 0.717) is 30.0 Å². The van der Waals surface area contributed by atoms with Crippen LogP contribution in [0.3, 0.4) is 0 Å². The number of nitrogens with zero attached hydrogens (tertiary/aromatic N) is 5. The van der Waals surface area contributed by atoms with Crippen molar-refractivity contribution < 1.29 is 33.3 Å². The first kappa shape index (κ1) is 30.1. The normalized spacial score (nSPS) is 11.8. The summed E-state index contributed by atoms with van der Waals surface area (Å²) in [4.78, 5) is 38.8. The Balaban J connectivity index is 1.92. The molecule has 1 atom stereocenters. The average Bonchev–Trinajstić information content (AvgIpc) is 3.31. The van der Waals surface area contributed by atoms with Crippen molar-refractivity contribution in [2.45, 2.75) is 78.0 Å². The SMILES string of the molecule is CCCCCCOC(=O)OCCCOC(OC(=O)OCCCCCC)n1cnc2c(N(C)C)ncnc21. The summed E-state index contributed by atoms with van der Waals surface area (Å²) in [5, 5.41) is 0. The molecule has 0 spiro atoms. The van der Waals surface area contributed by atoms with Crippen LogP contribution < -0.4 is 4.90 Å². The van der Waals surface area contributed by atoms with E-state index in [2.05, 4.69) is 28.8 Å². The molecular formula is C25H41N5O7. The Morgan fingerprint density at radius 3 is 2.05 bits per heavy atom. The Bertz CT molecular complexity index is 937. The Hall–Kier alpha value is -3.15. The second-order valence-corrected chi connectivity index (χ2v) is 8.73. The number of fused-ring (bicyclic) bond motifs is 1. The topological polar surface area (TPSA) is 127 Å². The highest BCUT2D eigenvalue weighted by Gasteiger charge is 2.23. The standard InChI is InChI=1S/C25H41N5O7/c1-5-7-9-11-14-34-24(31)35-17-13-16-33-23(37-25(32)36-15-12-10-8-6-2)30-19-28-20-21(29(3)4)26-18-27-22(20)30/h18-19,23H,5-17H2,1-4H3. The average molecular weight is 524 g/mol. The molecule has 0 fully saturated rings. The third kappa shape index (κ3) is 10.8. The third-order valence-corrected chi connectivity index (χ3v) is 5.39. The quantitative estimate of drug-likeness (QED) is 0.145. The van der Waals surface area contributed by atoms with Crippen LogP contribution in [0.5, 0.6) is 0 Å². The second-order valence-electron chi connectivity index (χ2n) is 8.73. The summed E-state index contributed by atoms with van der Waals surface area (Å²) in [5.41, 5.74) is 0.963. The molecule has 2 heterocycles. The number of unbranched alkanes of at least 4 members (excludes halogenated alkanes) is 6. The molecule has 0 aromatic carbocycles. The summed E-state index contributed by atoms with van der Waals surface area (Å²) >= 11 is 0. The first-order chi connectivity index (χ1) is 18.0. The Labute approximate surface area is 218 Å². The van der Waals surface area contributed by atoms with Gasteiger partial charge < -0.3 is 28.6 Å². The van der Waals surface area contributed by atoms with Crippen LogP contribution in [0.15, 0.2) is 12.7 Å². The van der Waals surface area contributed by atoms with E-state index in [1.54, 1.807) is 0 Å². The molecule has 0 aliphatic heterocycles. The van der Waals surface area contributed by atoms with Crippen LogP contribution >= 0.6 is 0 Å². The van der Waals surface area contributed by atoms with Gasteiger partial charge in [-0.2, -0.15) is 0 Å². The van der Waals surface area contributed by atoms with E-state index in [4.69, 9.17) is 23.7 Å². The molecule has 1 unspecified atom stereocenters. The summed E-state index contributed by atoms with van der Waals surface area (Å²) in [6, 6.07) is 0. The molecule has 12 heteroatoms. The van der Waals surface area contributed by atoms with Crippen LogP contribution in [0.1, 0.15) is 78.0 Å². The van der Waals surface area contributed by atoms with Crippen molar-refractivity contribution in [3.63, 3.8) is 0 Å². The lowest BCUT2D eigenvalue weighted by molar-refractivity contribution is -0.168. The molecule has 0 N–H and O–H groups in total. The predicted octanol–water partition coefficient (Wildman–Crippen LogP) is 5.22. The van der Waals surface area contributed by atoms with E-state index in [1.807, 2.05) is 19.0 Å². The number of aromatic nitrogens is 4. The van der Waals surface area contributed by atoms with Gasteiger partial charge in [0, 0.05) is 20.5 Å². The summed E-state index contributed by atoms with van der Waals surface area (Å²) in [5.74, 6) is 0.614. The lowest BCUT2D eigenvalue weighted by Gasteiger charge is -2.19. The number of imidazole rings is 1. The van der Waals surface area contributed by atoms with Gasteiger partial charge in [-0.05, 0) is 12.8 Å². The smallest absolute Gasteiger partial charge is 0.434 e. The van der Waals surface area contributed by atoms with Gasteiger partial charge in [-0.15, -0.1) is 0 Å². The van der Waals surface area contributed by atoms with E-state index in [0.717, 1.165) is 51.4 Å². The van der Waals surface area contributed by atoms with E-state index < -0.39 is 18.7 Å². The van der Waals surface area contributed by atoms with Gasteiger partial charge >= 0.3 is 12.3 Å². The zero-order valence-corrected chi connectivity index (χ0v) is 22.5. The Kier molecular flexibility index (Phi) is 14.1. The molecule has 0 radical (unpaired) electrons. The van der Waals surface area contributed by atoms with Crippen molar-refractivity contribution in [3.8, 4) is 0 Å². The van der Waals surface area contributed by atoms with Crippen molar-refractivity contribution in [2.24, 2.45) is 0 Å². The van der Waals surface area contributed by atoms with E-state index in [1.165, 1.54) is 17.2 Å². The molecule has 2 rings (SSSR count). The highest BCUT2D eigenvalue weighted by Crippen LogP contribution is 2.24. The molecule has 12 nitrogen and oxygen atoms in total. The molecule has 2 aromatic rings. The van der Waals surface area contributed by atoms with Crippen molar-refractivity contribution in [2.75, 3.05) is 45.4 Å². The van der Waals surface area contributed by atoms with Crippen molar-refractivity contribution in [1.29, 1.82) is 0 Å². The minimum atomic E-state index is -1.18. The van der Waals surface area contributed by atoms with Crippen LogP contribution in [-0.2, 0) is 23.7 Å². The monoisotopic (exact) mass is 523 g/mol. The highest BCUT2D eigenvalue weighted by molar-refractivity contribution is 5.83. The first-order valence-electron chi connectivity index (χ1n) is 13.1. The fourth-order valence-electron chi connectivity index (χ4n) is 3.42. The van der Waals surface area contributed by atoms with Crippen LogP contribution in [0.25, 0.3) is 11.2 Å². The number of ether oxygens (including phenoxy) is 5. The third-order valence-electron chi connectivity index (χ3n) is 5.39. The van der Waals surface area contributed by atoms with E-state index >= 15 is 0 Å². The summed E-state index contributed by atoms with van der Waals surface area (Å²) in [7, 11) is 3.69. The number of anilines is 1. The van der Waals surface area contributed by atoms with Crippen LogP contribution in [0, 0.1) is 0 Å². The first-order valence-corrected chi connectivity index (χ1v) is 13.1. The van der Waals surface area contributed by atoms with Gasteiger partial charge in [-0.25, -0.2) is 24.5 Å². The van der Waals surface area contributed by atoms with Gasteiger partial charge in [0.15, 0.2) is 17.0 Å². The molecule has 0 bridgehead atoms. The van der Waals surface area contributed by atoms with Crippen molar-refractivity contribution in [3.05, 3.63) is 12.7 Å². The maximum Gasteiger partial charge on any atom is 0.512 e. The van der Waals surface area contributed by atoms with Crippen LogP contribution in [0.4, 0.5) is 15.4 Å². The summed E-state index contributed by atoms with van der Waals surface area (Å²) < 4.78 is 28.1. The minimum Gasteiger partial charge on any atom is -0.434 e. The van der Waals surface area contributed by atoms with Crippen molar-refractivity contribution >= 4 is 29.3 Å². The largest absolute Gasteiger partial charge is 0.512 e. The van der Waals surface area contributed by atoms with Gasteiger partial charge in [-0.3, -0.25) is 4.57 Å². The molecule has 2 aromatic heterocycles. The predicted molar refractivity (Wildman–Crippen MR) is 137 cm³/mol. The molecule has 0 saturated heterocycles. The highest BCUT2D eigenvalue weighted by atomic mass is 16.8. The minimum absolute atomic E-state index is 0.0972. The van der Waals surface area contributed by atoms with E-state index in [-0.39, 0.29) is 19.8 Å². The zero-order valence-electron chi connectivity index (χ0n) is 22.5. The lowest BCUT2D eigenvalue weighted by atomic mass is 10.2. The van der Waals surface area contributed by atoms with E-state index in [9.17, 15) is 9.59 Å². The maximum atomic E-state index is 12.4. The molecule has 0 amide bonds. The molecule has 0 aliphatic carbocycles. The second kappa shape index (κ2) is 17.3. The Morgan fingerprint density at radius 2 is 1.43 bits per heavy atom. The summed E-state index contributed by atoms with van der Waals surface area (Å²) in [6.45, 7) is 5.06. The van der Waals surface area contributed by atoms with Gasteiger partial charge in [0.05, 0.1) is 26.4 Å². The Morgan fingerprint density at radius 1 is 0.811 bits per heavy atom. The maximum absolute atomic E-state index is 12.4. The molecule has 0 saturated carbocycles. The molecule has 208 valence electrons. The summed E-state index contributed by atoms with van der Waals surface area (Å²) in [6.07, 6.45) is 8.46. The van der Waals surface area contributed by atoms with Gasteiger partial charge in [0.25, 0.3) is 6.41 Å². The fourth-order valence-corrected chi connectivity index (χ4v) is 3.42. The number of hydrogen-bond donors (Lipinski definition) is 0. The fraction of sp³-hybridized carbons (Fsp3) is 0.720. The van der Waals surface area contributed by atoms with Gasteiger partial charge in [0.2, 0.25) is 0 Å². The van der Waals surface area contributed by atoms with Gasteiger partial charge in [-0.1, -0.05) is 52.4 Å². The number of carbonyl (C=O) groups is 2. The molecule has 37 heavy (non-hydrogen) atoms. The van der Waals surface area contributed by atoms with Crippen LogP contribution in [-0.4, -0.2) is 72.4 Å². The zero-order chi connectivity index (χ0) is 26.9. The molecule has 0 aliphatic rings. The lowest BCUT2D eigenvalue weighted by Crippen LogP contribution is -2.22. The number of carbonyl (C=O) groups excluding carboxylic acids is 2. The molecular weight excluding hydrogens is 482 g/mol. The number of rotatable bonds is 18. The van der Waals surface area contributed by atoms with Crippen LogP contribution in [0.2, 0.25) is 0 Å². The number of hydrogen-bond acceptors (Lipinski definition) is 11. The van der Waals surface area contributed by atoms with Gasteiger partial charge in [0.1, 0.15) is 12.7 Å².